The van der Waals surface area contributed by atoms with Gasteiger partial charge in [-0.25, -0.2) is 17.5 Å². The van der Waals surface area contributed by atoms with E-state index in [0.29, 0.717) is 11.6 Å². The zero-order chi connectivity index (χ0) is 21.9. The third kappa shape index (κ3) is 6.01. The van der Waals surface area contributed by atoms with E-state index in [1.54, 1.807) is 26.0 Å². The molecule has 29 heavy (non-hydrogen) atoms. The normalized spacial score (nSPS) is 12.6. The van der Waals surface area contributed by atoms with Gasteiger partial charge >= 0.3 is 6.18 Å². The Balaban J connectivity index is 1.99. The molecule has 158 valence electrons. The number of hydrogen-bond acceptors (Lipinski definition) is 3. The largest absolute Gasteiger partial charge is 0.416 e. The molecule has 5 nitrogen and oxygen atoms in total. The van der Waals surface area contributed by atoms with Crippen LogP contribution in [0, 0.1) is 5.82 Å². The van der Waals surface area contributed by atoms with E-state index in [9.17, 15) is 30.8 Å². The molecule has 2 rings (SSSR count). The fraction of sp³-hybridized carbons (Fsp3) is 0.316. The van der Waals surface area contributed by atoms with Crippen molar-refractivity contribution in [1.82, 2.24) is 10.0 Å². The summed E-state index contributed by atoms with van der Waals surface area (Å²) in [6, 6.07) is 9.27. The monoisotopic (exact) mass is 432 g/mol. The van der Waals surface area contributed by atoms with Gasteiger partial charge < -0.3 is 5.32 Å². The van der Waals surface area contributed by atoms with Crippen molar-refractivity contribution in [1.29, 1.82) is 0 Å². The molecule has 0 aliphatic carbocycles. The van der Waals surface area contributed by atoms with Crippen molar-refractivity contribution in [3.05, 3.63) is 65.5 Å². The average Bonchev–Trinajstić information content (AvgIpc) is 2.64. The molecule has 0 aliphatic rings. The summed E-state index contributed by atoms with van der Waals surface area (Å²) in [5.41, 5.74) is -1.50. The van der Waals surface area contributed by atoms with Gasteiger partial charge in [-0.3, -0.25) is 4.79 Å². The highest BCUT2D eigenvalue weighted by atomic mass is 32.2. The van der Waals surface area contributed by atoms with Crippen molar-refractivity contribution >= 4 is 15.9 Å². The van der Waals surface area contributed by atoms with Gasteiger partial charge in [0.2, 0.25) is 15.9 Å². The van der Waals surface area contributed by atoms with Gasteiger partial charge in [0.1, 0.15) is 5.82 Å². The van der Waals surface area contributed by atoms with Gasteiger partial charge in [0.05, 0.1) is 17.0 Å². The van der Waals surface area contributed by atoms with Crippen LogP contribution in [-0.4, -0.2) is 27.4 Å². The Hall–Kier alpha value is -2.46. The van der Waals surface area contributed by atoms with Crippen LogP contribution in [0.25, 0.3) is 0 Å². The average molecular weight is 432 g/mol. The van der Waals surface area contributed by atoms with Crippen LogP contribution in [0.1, 0.15) is 25.0 Å². The third-order valence-corrected chi connectivity index (χ3v) is 5.62. The van der Waals surface area contributed by atoms with Crippen LogP contribution in [0.5, 0.6) is 0 Å². The number of benzene rings is 2. The molecule has 10 heteroatoms. The number of amides is 1. The topological polar surface area (TPSA) is 75.3 Å². The SMILES string of the molecule is CC(C)(CNC(=O)CNS(=O)(=O)c1cccc(C(F)(F)F)c1)c1ccccc1F. The lowest BCUT2D eigenvalue weighted by atomic mass is 9.84. The molecule has 0 unspecified atom stereocenters. The molecule has 0 saturated heterocycles. The highest BCUT2D eigenvalue weighted by Crippen LogP contribution is 2.30. The van der Waals surface area contributed by atoms with E-state index in [0.717, 1.165) is 18.2 Å². The maximum absolute atomic E-state index is 13.9. The number of hydrogen-bond donors (Lipinski definition) is 2. The lowest BCUT2D eigenvalue weighted by Crippen LogP contribution is -2.42. The maximum atomic E-state index is 13.9. The van der Waals surface area contributed by atoms with Gasteiger partial charge in [0.15, 0.2) is 0 Å². The second-order valence-electron chi connectivity index (χ2n) is 6.99. The Morgan fingerprint density at radius 3 is 2.31 bits per heavy atom. The predicted molar refractivity (Wildman–Crippen MR) is 99.1 cm³/mol. The molecule has 1 amide bonds. The lowest BCUT2D eigenvalue weighted by Gasteiger charge is -2.26. The van der Waals surface area contributed by atoms with Gasteiger partial charge in [-0.15, -0.1) is 0 Å². The smallest absolute Gasteiger partial charge is 0.354 e. The first kappa shape index (κ1) is 22.8. The first-order valence-corrected chi connectivity index (χ1v) is 10.00. The minimum absolute atomic E-state index is 0.0258. The molecule has 2 N–H and O–H groups in total. The summed E-state index contributed by atoms with van der Waals surface area (Å²) >= 11 is 0. The predicted octanol–water partition coefficient (Wildman–Crippen LogP) is 3.22. The van der Waals surface area contributed by atoms with Crippen molar-refractivity contribution in [3.63, 3.8) is 0 Å². The summed E-state index contributed by atoms with van der Waals surface area (Å²) in [7, 11) is -4.32. The number of carbonyl (C=O) groups excluding carboxylic acids is 1. The van der Waals surface area contributed by atoms with Crippen molar-refractivity contribution < 1.29 is 30.8 Å². The molecular weight excluding hydrogens is 412 g/mol. The van der Waals surface area contributed by atoms with Crippen LogP contribution in [-0.2, 0) is 26.4 Å². The summed E-state index contributed by atoms with van der Waals surface area (Å²) in [6.07, 6.45) is -4.69. The summed E-state index contributed by atoms with van der Waals surface area (Å²) in [5.74, 6) is -1.14. The molecule has 0 bridgehead atoms. The number of carbonyl (C=O) groups is 1. The Bertz CT molecular complexity index is 989. The summed E-state index contributed by atoms with van der Waals surface area (Å²) in [6.45, 7) is 2.76. The zero-order valence-corrected chi connectivity index (χ0v) is 16.5. The van der Waals surface area contributed by atoms with E-state index in [1.165, 1.54) is 12.1 Å². The Morgan fingerprint density at radius 1 is 1.03 bits per heavy atom. The van der Waals surface area contributed by atoms with E-state index in [-0.39, 0.29) is 6.54 Å². The van der Waals surface area contributed by atoms with E-state index in [2.05, 4.69) is 5.32 Å². The first-order valence-electron chi connectivity index (χ1n) is 8.51. The van der Waals surface area contributed by atoms with Crippen molar-refractivity contribution in [2.75, 3.05) is 13.1 Å². The fourth-order valence-corrected chi connectivity index (χ4v) is 3.60. The number of halogens is 4. The molecule has 0 heterocycles. The van der Waals surface area contributed by atoms with Crippen molar-refractivity contribution in [2.24, 2.45) is 0 Å². The molecule has 0 atom stereocenters. The van der Waals surface area contributed by atoms with Crippen LogP contribution >= 0.6 is 0 Å². The fourth-order valence-electron chi connectivity index (χ4n) is 2.57. The van der Waals surface area contributed by atoms with Crippen LogP contribution in [0.15, 0.2) is 53.4 Å². The van der Waals surface area contributed by atoms with Gasteiger partial charge in [0, 0.05) is 12.0 Å². The summed E-state index contributed by atoms with van der Waals surface area (Å²) in [4.78, 5) is 11.4. The van der Waals surface area contributed by atoms with Gasteiger partial charge in [-0.1, -0.05) is 38.1 Å². The summed E-state index contributed by atoms with van der Waals surface area (Å²) in [5, 5.41) is 2.50. The third-order valence-electron chi connectivity index (χ3n) is 4.22. The van der Waals surface area contributed by atoms with Gasteiger partial charge in [-0.05, 0) is 29.8 Å². The number of rotatable bonds is 7. The van der Waals surface area contributed by atoms with Crippen molar-refractivity contribution in [3.8, 4) is 0 Å². The van der Waals surface area contributed by atoms with E-state index in [1.807, 2.05) is 4.72 Å². The molecular formula is C19H20F4N2O3S. The first-order chi connectivity index (χ1) is 13.3. The molecule has 0 radical (unpaired) electrons. The number of nitrogens with one attached hydrogen (secondary N) is 2. The Labute approximate surface area is 166 Å². The maximum Gasteiger partial charge on any atom is 0.416 e. The Kier molecular flexibility index (Phi) is 6.69. The Morgan fingerprint density at radius 2 is 1.69 bits per heavy atom. The highest BCUT2D eigenvalue weighted by Gasteiger charge is 2.31. The van der Waals surface area contributed by atoms with Crippen LogP contribution in [0.3, 0.4) is 0 Å². The zero-order valence-electron chi connectivity index (χ0n) is 15.7. The second kappa shape index (κ2) is 8.50. The molecule has 0 spiro atoms. The molecule has 0 saturated carbocycles. The lowest BCUT2D eigenvalue weighted by molar-refractivity contribution is -0.137. The molecule has 2 aromatic rings. The van der Waals surface area contributed by atoms with Crippen LogP contribution in [0.2, 0.25) is 0 Å². The molecule has 0 fully saturated rings. The van der Waals surface area contributed by atoms with Crippen molar-refractivity contribution in [2.45, 2.75) is 30.3 Å². The molecule has 0 aliphatic heterocycles. The van der Waals surface area contributed by atoms with Gasteiger partial charge in [0.25, 0.3) is 0 Å². The second-order valence-corrected chi connectivity index (χ2v) is 8.76. The van der Waals surface area contributed by atoms with E-state index >= 15 is 0 Å². The van der Waals surface area contributed by atoms with E-state index in [4.69, 9.17) is 0 Å². The standard InChI is InChI=1S/C19H20F4N2O3S/c1-18(2,15-8-3-4-9-16(15)20)12-24-17(26)11-25-29(27,28)14-7-5-6-13(10-14)19(21,22)23/h3-10,25H,11-12H2,1-2H3,(H,24,26). The number of alkyl halides is 3. The molecule has 2 aromatic carbocycles. The van der Waals surface area contributed by atoms with Gasteiger partial charge in [-0.2, -0.15) is 13.2 Å². The quantitative estimate of drug-likeness (QED) is 0.660. The summed E-state index contributed by atoms with van der Waals surface area (Å²) < 4.78 is 78.5. The minimum atomic E-state index is -4.69. The molecule has 0 aromatic heterocycles. The minimum Gasteiger partial charge on any atom is -0.354 e. The van der Waals surface area contributed by atoms with Crippen LogP contribution in [0.4, 0.5) is 17.6 Å². The van der Waals surface area contributed by atoms with E-state index < -0.39 is 50.3 Å². The highest BCUT2D eigenvalue weighted by molar-refractivity contribution is 7.89. The van der Waals surface area contributed by atoms with Crippen LogP contribution < -0.4 is 10.0 Å². The number of sulfonamides is 1.